The van der Waals surface area contributed by atoms with Gasteiger partial charge in [-0.2, -0.15) is 0 Å². The van der Waals surface area contributed by atoms with Gasteiger partial charge in [0.05, 0.1) is 26.2 Å². The van der Waals surface area contributed by atoms with Crippen LogP contribution in [0.2, 0.25) is 0 Å². The van der Waals surface area contributed by atoms with Crippen molar-refractivity contribution in [1.82, 2.24) is 0 Å². The fraction of sp³-hybridized carbons (Fsp3) is 0.941. The van der Waals surface area contributed by atoms with Gasteiger partial charge < -0.3 is 24.6 Å². The monoisotopic (exact) mass is 319 g/mol. The van der Waals surface area contributed by atoms with E-state index >= 15 is 0 Å². The van der Waals surface area contributed by atoms with Gasteiger partial charge in [-0.1, -0.05) is 40.0 Å². The fourth-order valence-corrected chi connectivity index (χ4v) is 2.71. The maximum atomic E-state index is 8.98. The van der Waals surface area contributed by atoms with Gasteiger partial charge in [-0.25, -0.2) is 0 Å². The average molecular weight is 319 g/mol. The van der Waals surface area contributed by atoms with Crippen molar-refractivity contribution < 1.29 is 24.6 Å². The maximum Gasteiger partial charge on any atom is 0.249 e. The van der Waals surface area contributed by atoms with Crippen LogP contribution in [0.1, 0.15) is 72.1 Å². The first kappa shape index (κ1) is 23.5. The number of carboxylic acid groups (broad SMARTS) is 2. The van der Waals surface area contributed by atoms with Gasteiger partial charge in [-0.05, 0) is 32.1 Å². The van der Waals surface area contributed by atoms with E-state index in [0.717, 1.165) is 6.42 Å². The minimum atomic E-state index is -2.08. The Morgan fingerprint density at radius 2 is 1.14 bits per heavy atom. The van der Waals surface area contributed by atoms with Gasteiger partial charge in [-0.3, -0.25) is 0 Å². The quantitative estimate of drug-likeness (QED) is 0.404. The first-order chi connectivity index (χ1) is 10.5. The molecule has 5 heteroatoms. The molecule has 0 aliphatic heterocycles. The molecule has 5 nitrogen and oxygen atoms in total. The zero-order valence-electron chi connectivity index (χ0n) is 14.9. The van der Waals surface area contributed by atoms with E-state index in [4.69, 9.17) is 20.1 Å². The molecule has 0 saturated carbocycles. The second-order valence-corrected chi connectivity index (χ2v) is 5.99. The van der Waals surface area contributed by atoms with Crippen LogP contribution in [0.25, 0.3) is 0 Å². The molecular weight excluding hydrogens is 282 g/mol. The SMILES string of the molecule is CCCC[N+](CCCC)(CCCC)CCCCO.O=C([O-])O. The third kappa shape index (κ3) is 15.6. The highest BCUT2D eigenvalue weighted by Gasteiger charge is 2.24. The molecule has 0 amide bonds. The number of rotatable bonds is 13. The van der Waals surface area contributed by atoms with Crippen molar-refractivity contribution in [2.75, 3.05) is 32.8 Å². The molecule has 0 aliphatic carbocycles. The molecule has 0 fully saturated rings. The molecule has 0 spiro atoms. The van der Waals surface area contributed by atoms with Crippen molar-refractivity contribution in [3.05, 3.63) is 0 Å². The highest BCUT2D eigenvalue weighted by atomic mass is 16.6. The van der Waals surface area contributed by atoms with Gasteiger partial charge in [0.1, 0.15) is 0 Å². The van der Waals surface area contributed by atoms with E-state index in [2.05, 4.69) is 20.8 Å². The molecule has 0 unspecified atom stereocenters. The molecule has 0 aromatic heterocycles. The number of nitrogens with zero attached hydrogens (tertiary/aromatic N) is 1. The molecule has 0 atom stereocenters. The normalized spacial score (nSPS) is 10.9. The van der Waals surface area contributed by atoms with Crippen LogP contribution < -0.4 is 5.11 Å². The van der Waals surface area contributed by atoms with E-state index in [1.54, 1.807) is 0 Å². The predicted molar refractivity (Wildman–Crippen MR) is 88.8 cm³/mol. The Bertz CT molecular complexity index is 221. The Labute approximate surface area is 136 Å². The number of carbonyl (C=O) groups is 1. The molecule has 0 radical (unpaired) electrons. The van der Waals surface area contributed by atoms with Crippen molar-refractivity contribution in [3.63, 3.8) is 0 Å². The molecule has 0 rings (SSSR count). The maximum absolute atomic E-state index is 8.98. The van der Waals surface area contributed by atoms with Gasteiger partial charge >= 0.3 is 0 Å². The summed E-state index contributed by atoms with van der Waals surface area (Å²) in [6, 6.07) is 0. The molecule has 134 valence electrons. The summed E-state index contributed by atoms with van der Waals surface area (Å²) in [5.41, 5.74) is 0. The van der Waals surface area contributed by atoms with Crippen molar-refractivity contribution in [2.24, 2.45) is 0 Å². The standard InChI is InChI=1S/C16H36NO.CH2O3/c1-4-7-12-17(13-8-5-2,14-9-6-3)15-10-11-16-18;2-1(3)4/h18H,4-16H2,1-3H3;(H2,2,3,4)/q+1;/p-1. The topological polar surface area (TPSA) is 80.6 Å². The zero-order chi connectivity index (χ0) is 17.3. The summed E-state index contributed by atoms with van der Waals surface area (Å²) in [4.78, 5) is 8.44. The van der Waals surface area contributed by atoms with Gasteiger partial charge in [0, 0.05) is 6.61 Å². The van der Waals surface area contributed by atoms with Crippen LogP contribution in [0.4, 0.5) is 4.79 Å². The third-order valence-corrected chi connectivity index (χ3v) is 4.00. The lowest BCUT2D eigenvalue weighted by Crippen LogP contribution is -2.50. The highest BCUT2D eigenvalue weighted by molar-refractivity contribution is 5.50. The zero-order valence-corrected chi connectivity index (χ0v) is 14.9. The summed E-state index contributed by atoms with van der Waals surface area (Å²) in [7, 11) is 0. The van der Waals surface area contributed by atoms with Gasteiger partial charge in [0.2, 0.25) is 6.16 Å². The molecule has 0 aliphatic rings. The Kier molecular flexibility index (Phi) is 17.7. The summed E-state index contributed by atoms with van der Waals surface area (Å²) >= 11 is 0. The summed E-state index contributed by atoms with van der Waals surface area (Å²) < 4.78 is 1.32. The first-order valence-corrected chi connectivity index (χ1v) is 8.83. The van der Waals surface area contributed by atoms with Crippen LogP contribution >= 0.6 is 0 Å². The van der Waals surface area contributed by atoms with Crippen LogP contribution in [0, 0.1) is 0 Å². The van der Waals surface area contributed by atoms with Crippen molar-refractivity contribution in [2.45, 2.75) is 72.1 Å². The lowest BCUT2D eigenvalue weighted by Gasteiger charge is -2.39. The summed E-state index contributed by atoms with van der Waals surface area (Å²) in [5, 5.41) is 24.3. The first-order valence-electron chi connectivity index (χ1n) is 8.83. The highest BCUT2D eigenvalue weighted by Crippen LogP contribution is 2.16. The molecule has 0 bridgehead atoms. The molecular formula is C17H37NO4. The summed E-state index contributed by atoms with van der Waals surface area (Å²) in [6.07, 6.45) is 8.05. The molecule has 0 heterocycles. The number of unbranched alkanes of at least 4 members (excludes halogenated alkanes) is 4. The molecule has 0 aromatic carbocycles. The summed E-state index contributed by atoms with van der Waals surface area (Å²) in [5.74, 6) is 0. The lowest BCUT2D eigenvalue weighted by atomic mass is 10.1. The Morgan fingerprint density at radius 1 is 0.818 bits per heavy atom. The second kappa shape index (κ2) is 16.6. The van der Waals surface area contributed by atoms with Gasteiger partial charge in [-0.15, -0.1) is 0 Å². The van der Waals surface area contributed by atoms with Crippen LogP contribution in [0.5, 0.6) is 0 Å². The van der Waals surface area contributed by atoms with Crippen LogP contribution in [0.15, 0.2) is 0 Å². The van der Waals surface area contributed by atoms with Gasteiger partial charge in [0.15, 0.2) is 0 Å². The van der Waals surface area contributed by atoms with Crippen LogP contribution in [-0.4, -0.2) is 53.6 Å². The Hall–Kier alpha value is -0.810. The minimum absolute atomic E-state index is 0.356. The molecule has 2 N–H and O–H groups in total. The smallest absolute Gasteiger partial charge is 0.249 e. The number of hydrogen-bond acceptors (Lipinski definition) is 3. The van der Waals surface area contributed by atoms with E-state index in [1.165, 1.54) is 75.6 Å². The van der Waals surface area contributed by atoms with Crippen molar-refractivity contribution in [3.8, 4) is 0 Å². The Balaban J connectivity index is 0. The average Bonchev–Trinajstić information content (AvgIpc) is 2.48. The molecule has 0 saturated heterocycles. The molecule has 22 heavy (non-hydrogen) atoms. The lowest BCUT2D eigenvalue weighted by molar-refractivity contribution is -0.929. The number of hydrogen-bond donors (Lipinski definition) is 2. The van der Waals surface area contributed by atoms with E-state index in [1.807, 2.05) is 0 Å². The second-order valence-electron chi connectivity index (χ2n) is 5.99. The Morgan fingerprint density at radius 3 is 1.41 bits per heavy atom. The van der Waals surface area contributed by atoms with E-state index in [-0.39, 0.29) is 0 Å². The number of quaternary nitrogens is 1. The van der Waals surface area contributed by atoms with Crippen LogP contribution in [-0.2, 0) is 0 Å². The van der Waals surface area contributed by atoms with Crippen LogP contribution in [0.3, 0.4) is 0 Å². The van der Waals surface area contributed by atoms with E-state index in [9.17, 15) is 0 Å². The van der Waals surface area contributed by atoms with Gasteiger partial charge in [0.25, 0.3) is 0 Å². The largest absolute Gasteiger partial charge is 0.565 e. The number of aliphatic hydroxyl groups is 1. The van der Waals surface area contributed by atoms with E-state index in [0.29, 0.717) is 6.61 Å². The van der Waals surface area contributed by atoms with E-state index < -0.39 is 6.16 Å². The number of aliphatic hydroxyl groups excluding tert-OH is 1. The predicted octanol–water partition coefficient (Wildman–Crippen LogP) is 2.86. The van der Waals surface area contributed by atoms with Crippen molar-refractivity contribution in [1.29, 1.82) is 0 Å². The third-order valence-electron chi connectivity index (χ3n) is 4.00. The van der Waals surface area contributed by atoms with Crippen molar-refractivity contribution >= 4 is 6.16 Å². The molecule has 0 aromatic rings. The fourth-order valence-electron chi connectivity index (χ4n) is 2.71. The summed E-state index contributed by atoms with van der Waals surface area (Å²) in [6.45, 7) is 12.6. The minimum Gasteiger partial charge on any atom is -0.565 e.